The lowest BCUT2D eigenvalue weighted by Crippen LogP contribution is -2.29. The Morgan fingerprint density at radius 3 is 2.26 bits per heavy atom. The van der Waals surface area contributed by atoms with Crippen molar-refractivity contribution in [1.29, 1.82) is 0 Å². The zero-order valence-corrected chi connectivity index (χ0v) is 23.7. The number of rotatable bonds is 8. The van der Waals surface area contributed by atoms with E-state index >= 15 is 0 Å². The summed E-state index contributed by atoms with van der Waals surface area (Å²) in [5, 5.41) is 15.9. The molecule has 0 saturated heterocycles. The number of halogens is 1. The van der Waals surface area contributed by atoms with Crippen LogP contribution in [-0.4, -0.2) is 35.0 Å². The van der Waals surface area contributed by atoms with Gasteiger partial charge in [-0.15, -0.1) is 0 Å². The highest BCUT2D eigenvalue weighted by Crippen LogP contribution is 2.39. The highest BCUT2D eigenvalue weighted by atomic mass is 79.9. The number of benzene rings is 3. The van der Waals surface area contributed by atoms with Gasteiger partial charge < -0.3 is 14.2 Å². The number of nitro benzene ring substituents is 1. The average molecular weight is 595 g/mol. The third-order valence-corrected chi connectivity index (χ3v) is 6.31. The van der Waals surface area contributed by atoms with E-state index in [9.17, 15) is 14.9 Å². The van der Waals surface area contributed by atoms with E-state index in [-0.39, 0.29) is 17.9 Å². The quantitative estimate of drug-likeness (QED) is 0.143. The fourth-order valence-electron chi connectivity index (χ4n) is 3.85. The molecule has 0 unspecified atom stereocenters. The highest BCUT2D eigenvalue weighted by Gasteiger charge is 2.23. The van der Waals surface area contributed by atoms with Gasteiger partial charge in [0, 0.05) is 27.6 Å². The van der Waals surface area contributed by atoms with Crippen molar-refractivity contribution < 1.29 is 19.1 Å². The summed E-state index contributed by atoms with van der Waals surface area (Å²) in [7, 11) is 3.00. The molecule has 1 aromatic heterocycles. The lowest BCUT2D eigenvalue weighted by atomic mass is 9.95. The SMILES string of the molecule is COc1cc(C=Nn2c(C(C)(C)C)nc3ccc(Br)cc3c2=O)cc(OC)c1OCc1ccc([N+](=O)[O-])cc1. The van der Waals surface area contributed by atoms with Crippen LogP contribution < -0.4 is 19.8 Å². The van der Waals surface area contributed by atoms with E-state index in [1.54, 1.807) is 36.4 Å². The Morgan fingerprint density at radius 1 is 1.05 bits per heavy atom. The average Bonchev–Trinajstić information content (AvgIpc) is 2.91. The second-order valence-electron chi connectivity index (χ2n) is 9.68. The Labute approximate surface area is 233 Å². The molecule has 4 rings (SSSR count). The number of methoxy groups -OCH3 is 2. The van der Waals surface area contributed by atoms with Crippen LogP contribution in [0.2, 0.25) is 0 Å². The minimum absolute atomic E-state index is 0.000485. The van der Waals surface area contributed by atoms with Gasteiger partial charge in [0.1, 0.15) is 12.4 Å². The van der Waals surface area contributed by atoms with Gasteiger partial charge in [0.05, 0.1) is 36.3 Å². The molecular formula is C28H27BrN4O6. The van der Waals surface area contributed by atoms with E-state index in [1.807, 2.05) is 26.8 Å². The molecule has 0 bridgehead atoms. The van der Waals surface area contributed by atoms with E-state index < -0.39 is 10.3 Å². The normalized spacial score (nSPS) is 11.6. The van der Waals surface area contributed by atoms with Crippen LogP contribution in [0.25, 0.3) is 10.9 Å². The summed E-state index contributed by atoms with van der Waals surface area (Å²) in [6, 6.07) is 14.9. The van der Waals surface area contributed by atoms with Crippen LogP contribution in [0.5, 0.6) is 17.2 Å². The van der Waals surface area contributed by atoms with Crippen LogP contribution in [0, 0.1) is 10.1 Å². The number of aromatic nitrogens is 2. The van der Waals surface area contributed by atoms with Crippen molar-refractivity contribution in [2.24, 2.45) is 5.10 Å². The monoisotopic (exact) mass is 594 g/mol. The van der Waals surface area contributed by atoms with Gasteiger partial charge in [0.25, 0.3) is 11.2 Å². The summed E-state index contributed by atoms with van der Waals surface area (Å²) in [6.07, 6.45) is 1.54. The number of hydrogen-bond donors (Lipinski definition) is 0. The van der Waals surface area contributed by atoms with E-state index in [2.05, 4.69) is 21.0 Å². The van der Waals surface area contributed by atoms with Gasteiger partial charge in [0.15, 0.2) is 11.5 Å². The maximum absolute atomic E-state index is 13.4. The number of fused-ring (bicyclic) bond motifs is 1. The van der Waals surface area contributed by atoms with E-state index in [1.165, 1.54) is 37.2 Å². The van der Waals surface area contributed by atoms with Crippen molar-refractivity contribution in [1.82, 2.24) is 9.66 Å². The first-order valence-electron chi connectivity index (χ1n) is 11.9. The van der Waals surface area contributed by atoms with Crippen LogP contribution in [0.3, 0.4) is 0 Å². The molecule has 0 radical (unpaired) electrons. The Kier molecular flexibility index (Phi) is 8.01. The molecule has 0 N–H and O–H groups in total. The molecule has 0 aliphatic heterocycles. The van der Waals surface area contributed by atoms with Crippen molar-refractivity contribution in [2.75, 3.05) is 14.2 Å². The summed E-state index contributed by atoms with van der Waals surface area (Å²) in [5.74, 6) is 1.66. The summed E-state index contributed by atoms with van der Waals surface area (Å²) in [4.78, 5) is 28.6. The molecule has 0 fully saturated rings. The molecule has 0 atom stereocenters. The molecular weight excluding hydrogens is 568 g/mol. The van der Waals surface area contributed by atoms with Crippen molar-refractivity contribution in [3.63, 3.8) is 0 Å². The molecule has 0 aliphatic carbocycles. The summed E-state index contributed by atoms with van der Waals surface area (Å²) in [5.41, 5.74) is 1.19. The number of non-ortho nitro benzene ring substituents is 1. The van der Waals surface area contributed by atoms with E-state index in [4.69, 9.17) is 19.2 Å². The van der Waals surface area contributed by atoms with Crippen LogP contribution >= 0.6 is 15.9 Å². The molecule has 0 spiro atoms. The molecule has 0 aliphatic rings. The predicted molar refractivity (Wildman–Crippen MR) is 152 cm³/mol. The fraction of sp³-hybridized carbons (Fsp3) is 0.250. The minimum Gasteiger partial charge on any atom is -0.493 e. The highest BCUT2D eigenvalue weighted by molar-refractivity contribution is 9.10. The van der Waals surface area contributed by atoms with Crippen molar-refractivity contribution in [2.45, 2.75) is 32.8 Å². The third-order valence-electron chi connectivity index (χ3n) is 5.81. The maximum Gasteiger partial charge on any atom is 0.282 e. The van der Waals surface area contributed by atoms with Gasteiger partial charge in [-0.05, 0) is 48.0 Å². The van der Waals surface area contributed by atoms with Crippen molar-refractivity contribution in [3.8, 4) is 17.2 Å². The number of hydrogen-bond acceptors (Lipinski definition) is 8. The van der Waals surface area contributed by atoms with E-state index in [0.29, 0.717) is 39.5 Å². The van der Waals surface area contributed by atoms with Gasteiger partial charge in [0.2, 0.25) is 5.75 Å². The maximum atomic E-state index is 13.4. The van der Waals surface area contributed by atoms with Crippen LogP contribution in [-0.2, 0) is 12.0 Å². The summed E-state index contributed by atoms with van der Waals surface area (Å²) >= 11 is 3.42. The number of ether oxygens (including phenoxy) is 3. The zero-order valence-electron chi connectivity index (χ0n) is 22.1. The first kappa shape index (κ1) is 27.8. The molecule has 0 saturated carbocycles. The second kappa shape index (κ2) is 11.2. The fourth-order valence-corrected chi connectivity index (χ4v) is 4.21. The molecule has 0 amide bonds. The van der Waals surface area contributed by atoms with Gasteiger partial charge in [-0.25, -0.2) is 4.98 Å². The van der Waals surface area contributed by atoms with Gasteiger partial charge >= 0.3 is 0 Å². The van der Waals surface area contributed by atoms with Gasteiger partial charge in [-0.3, -0.25) is 14.9 Å². The molecule has 4 aromatic rings. The molecule has 1 heterocycles. The van der Waals surface area contributed by atoms with Gasteiger partial charge in [-0.1, -0.05) is 36.7 Å². The first-order valence-corrected chi connectivity index (χ1v) is 12.7. The number of nitro groups is 1. The zero-order chi connectivity index (χ0) is 28.3. The Hall–Kier alpha value is -4.25. The Morgan fingerprint density at radius 2 is 1.69 bits per heavy atom. The minimum atomic E-state index is -0.456. The topological polar surface area (TPSA) is 118 Å². The molecule has 39 heavy (non-hydrogen) atoms. The van der Waals surface area contributed by atoms with Crippen LogP contribution in [0.1, 0.15) is 37.7 Å². The lowest BCUT2D eigenvalue weighted by Gasteiger charge is -2.21. The molecule has 10 nitrogen and oxygen atoms in total. The number of nitrogens with zero attached hydrogens (tertiary/aromatic N) is 4. The smallest absolute Gasteiger partial charge is 0.282 e. The van der Waals surface area contributed by atoms with E-state index in [0.717, 1.165) is 10.0 Å². The largest absolute Gasteiger partial charge is 0.493 e. The summed E-state index contributed by atoms with van der Waals surface area (Å²) in [6.45, 7) is 6.04. The Bertz CT molecular complexity index is 1600. The predicted octanol–water partition coefficient (Wildman–Crippen LogP) is 5.84. The third kappa shape index (κ3) is 6.09. The van der Waals surface area contributed by atoms with Gasteiger partial charge in [-0.2, -0.15) is 9.78 Å². The lowest BCUT2D eigenvalue weighted by molar-refractivity contribution is -0.384. The van der Waals surface area contributed by atoms with Crippen LogP contribution in [0.4, 0.5) is 5.69 Å². The standard InChI is InChI=1S/C28H27BrN4O6/c1-28(2,3)27-31-22-11-8-19(29)14-21(22)26(34)32(27)30-15-18-12-23(37-4)25(24(13-18)38-5)39-16-17-6-9-20(10-7-17)33(35)36/h6-15H,16H2,1-5H3. The second-order valence-corrected chi connectivity index (χ2v) is 10.6. The molecule has 11 heteroatoms. The first-order chi connectivity index (χ1) is 18.5. The summed E-state index contributed by atoms with van der Waals surface area (Å²) < 4.78 is 19.1. The molecule has 202 valence electrons. The van der Waals surface area contributed by atoms with Crippen molar-refractivity contribution in [3.05, 3.63) is 96.5 Å². The Balaban J connectivity index is 1.70. The van der Waals surface area contributed by atoms with Crippen LogP contribution in [0.15, 0.2) is 69.0 Å². The van der Waals surface area contributed by atoms with Crippen molar-refractivity contribution >= 4 is 38.7 Å². The molecule has 3 aromatic carbocycles.